The van der Waals surface area contributed by atoms with Crippen molar-refractivity contribution < 1.29 is 28.8 Å². The molecule has 212 valence electrons. The summed E-state index contributed by atoms with van der Waals surface area (Å²) in [7, 11) is 0. The largest absolute Gasteiger partial charge is 0.435 e. The zero-order chi connectivity index (χ0) is 27.2. The van der Waals surface area contributed by atoms with Crippen LogP contribution >= 0.6 is 11.6 Å². The number of aromatic nitrogens is 1. The first-order valence-corrected chi connectivity index (χ1v) is 14.6. The SMILES string of the molecule is C[C@H]1[C@@H](OC(=O)CCNCCNc2ccnc3cc(Cl)ccc23)OC2O[C@]3(C)CC[C@H]4[C@H](C)CC[C@@H]1C24OO3. The molecule has 2 aromatic rings. The Bertz CT molecular complexity index is 1220. The van der Waals surface area contributed by atoms with Gasteiger partial charge in [0.05, 0.1) is 11.9 Å². The average molecular weight is 560 g/mol. The van der Waals surface area contributed by atoms with Crippen molar-refractivity contribution in [2.45, 2.75) is 76.8 Å². The first-order chi connectivity index (χ1) is 18.8. The molecular formula is C29H38ClN3O6. The van der Waals surface area contributed by atoms with Crippen LogP contribution in [0.1, 0.15) is 52.9 Å². The van der Waals surface area contributed by atoms with Crippen molar-refractivity contribution in [1.82, 2.24) is 10.3 Å². The minimum Gasteiger partial charge on any atom is -0.435 e. The Kier molecular flexibility index (Phi) is 7.50. The summed E-state index contributed by atoms with van der Waals surface area (Å²) < 4.78 is 18.6. The molecule has 10 heteroatoms. The third kappa shape index (κ3) is 5.02. The Morgan fingerprint density at radius 2 is 2.00 bits per heavy atom. The number of esters is 1. The van der Waals surface area contributed by atoms with Gasteiger partial charge in [-0.15, -0.1) is 0 Å². The molecule has 1 aliphatic carbocycles. The molecule has 2 bridgehead atoms. The van der Waals surface area contributed by atoms with Gasteiger partial charge < -0.3 is 24.8 Å². The Morgan fingerprint density at radius 3 is 2.87 bits per heavy atom. The number of ether oxygens (including phenoxy) is 3. The molecule has 1 aromatic carbocycles. The van der Waals surface area contributed by atoms with E-state index in [9.17, 15) is 4.79 Å². The summed E-state index contributed by atoms with van der Waals surface area (Å²) in [5.74, 6) is -0.268. The van der Waals surface area contributed by atoms with Crippen LogP contribution in [0.4, 0.5) is 5.69 Å². The monoisotopic (exact) mass is 559 g/mol. The number of rotatable bonds is 8. The number of carbonyl (C=O) groups excluding carboxylic acids is 1. The first-order valence-electron chi connectivity index (χ1n) is 14.2. The van der Waals surface area contributed by atoms with Crippen molar-refractivity contribution in [1.29, 1.82) is 0 Å². The maximum atomic E-state index is 12.8. The smallest absolute Gasteiger partial charge is 0.309 e. The Balaban J connectivity index is 0.997. The lowest BCUT2D eigenvalue weighted by molar-refractivity contribution is -0.576. The molecule has 7 rings (SSSR count). The lowest BCUT2D eigenvalue weighted by atomic mass is 9.58. The van der Waals surface area contributed by atoms with Gasteiger partial charge in [0, 0.05) is 60.2 Å². The van der Waals surface area contributed by atoms with Gasteiger partial charge in [0.1, 0.15) is 0 Å². The second kappa shape index (κ2) is 10.8. The van der Waals surface area contributed by atoms with E-state index in [-0.39, 0.29) is 30.1 Å². The molecule has 5 aliphatic rings. The molecule has 0 amide bonds. The third-order valence-corrected chi connectivity index (χ3v) is 9.41. The number of fused-ring (bicyclic) bond motifs is 3. The fourth-order valence-electron chi connectivity index (χ4n) is 7.07. The molecule has 1 aromatic heterocycles. The Morgan fingerprint density at radius 1 is 1.13 bits per heavy atom. The first kappa shape index (κ1) is 27.2. The Hall–Kier alpha value is -2.01. The highest BCUT2D eigenvalue weighted by Gasteiger charge is 2.69. The van der Waals surface area contributed by atoms with Gasteiger partial charge in [-0.25, -0.2) is 9.78 Å². The maximum absolute atomic E-state index is 12.8. The summed E-state index contributed by atoms with van der Waals surface area (Å²) in [5, 5.41) is 8.41. The minimum atomic E-state index is -0.847. The fraction of sp³-hybridized carbons (Fsp3) is 0.655. The topological polar surface area (TPSA) is 100 Å². The van der Waals surface area contributed by atoms with Crippen molar-refractivity contribution in [3.05, 3.63) is 35.5 Å². The van der Waals surface area contributed by atoms with Crippen LogP contribution in [0.2, 0.25) is 5.02 Å². The number of pyridine rings is 1. The predicted octanol–water partition coefficient (Wildman–Crippen LogP) is 5.03. The van der Waals surface area contributed by atoms with Crippen LogP contribution in [0.5, 0.6) is 0 Å². The maximum Gasteiger partial charge on any atom is 0.309 e. The molecule has 8 atom stereocenters. The van der Waals surface area contributed by atoms with E-state index in [1.807, 2.05) is 31.2 Å². The van der Waals surface area contributed by atoms with E-state index in [2.05, 4.69) is 29.5 Å². The van der Waals surface area contributed by atoms with Crippen LogP contribution in [-0.2, 0) is 28.8 Å². The molecule has 5 fully saturated rings. The standard InChI is InChI=1S/C29H38ClN3O6/c1-17-4-7-22-18(2)26(36-27-29(22)21(17)8-11-28(3,37-27)38-39-29)35-25(34)10-12-31-14-15-33-23-9-13-32-24-16-19(30)5-6-20(23)24/h5-6,9,13,16-18,21-22,26-27,31H,4,7-8,10-12,14-15H2,1-3H3,(H,32,33)/t17-,18-,21+,22+,26+,27?,28+,29?/m1/s1. The van der Waals surface area contributed by atoms with Crippen LogP contribution in [-0.4, -0.2) is 54.6 Å². The minimum absolute atomic E-state index is 0.0305. The molecule has 5 heterocycles. The molecule has 2 N–H and O–H groups in total. The lowest BCUT2D eigenvalue weighted by Crippen LogP contribution is -2.70. The van der Waals surface area contributed by atoms with Crippen molar-refractivity contribution in [3.8, 4) is 0 Å². The van der Waals surface area contributed by atoms with Gasteiger partial charge in [0.25, 0.3) is 0 Å². The Labute approximate surface area is 234 Å². The van der Waals surface area contributed by atoms with Crippen molar-refractivity contribution in [3.63, 3.8) is 0 Å². The number of halogens is 1. The third-order valence-electron chi connectivity index (χ3n) is 9.17. The molecule has 1 spiro atoms. The molecule has 2 unspecified atom stereocenters. The highest BCUT2D eigenvalue weighted by molar-refractivity contribution is 6.31. The summed E-state index contributed by atoms with van der Waals surface area (Å²) in [6.45, 7) is 8.16. The van der Waals surface area contributed by atoms with Gasteiger partial charge in [0.2, 0.25) is 12.1 Å². The zero-order valence-corrected chi connectivity index (χ0v) is 23.5. The second-order valence-corrected chi connectivity index (χ2v) is 12.1. The van der Waals surface area contributed by atoms with E-state index in [0.717, 1.165) is 42.3 Å². The van der Waals surface area contributed by atoms with Crippen molar-refractivity contribution >= 4 is 34.2 Å². The summed E-state index contributed by atoms with van der Waals surface area (Å²) in [6.07, 6.45) is 4.52. The summed E-state index contributed by atoms with van der Waals surface area (Å²) >= 11 is 6.08. The zero-order valence-electron chi connectivity index (χ0n) is 22.8. The van der Waals surface area contributed by atoms with Crippen LogP contribution in [0.15, 0.2) is 30.5 Å². The number of nitrogens with zero attached hydrogens (tertiary/aromatic N) is 1. The number of nitrogens with one attached hydrogen (secondary N) is 2. The van der Waals surface area contributed by atoms with E-state index < -0.39 is 24.0 Å². The molecule has 9 nitrogen and oxygen atoms in total. The summed E-state index contributed by atoms with van der Waals surface area (Å²) in [4.78, 5) is 29.2. The summed E-state index contributed by atoms with van der Waals surface area (Å²) in [5.41, 5.74) is 1.19. The number of anilines is 1. The highest BCUT2D eigenvalue weighted by Crippen LogP contribution is 2.60. The van der Waals surface area contributed by atoms with Crippen LogP contribution in [0.25, 0.3) is 10.9 Å². The molecule has 4 saturated heterocycles. The second-order valence-electron chi connectivity index (χ2n) is 11.7. The molecule has 0 radical (unpaired) electrons. The van der Waals surface area contributed by atoms with E-state index in [1.165, 1.54) is 0 Å². The van der Waals surface area contributed by atoms with Gasteiger partial charge >= 0.3 is 5.97 Å². The number of hydrogen-bond acceptors (Lipinski definition) is 9. The van der Waals surface area contributed by atoms with E-state index in [4.69, 9.17) is 35.6 Å². The predicted molar refractivity (Wildman–Crippen MR) is 146 cm³/mol. The molecule has 4 aliphatic heterocycles. The quantitative estimate of drug-likeness (QED) is 0.262. The van der Waals surface area contributed by atoms with Gasteiger partial charge in [0.15, 0.2) is 11.9 Å². The van der Waals surface area contributed by atoms with E-state index >= 15 is 0 Å². The van der Waals surface area contributed by atoms with Crippen LogP contribution in [0.3, 0.4) is 0 Å². The molecule has 39 heavy (non-hydrogen) atoms. The van der Waals surface area contributed by atoms with Crippen LogP contribution in [0, 0.1) is 23.7 Å². The van der Waals surface area contributed by atoms with Crippen molar-refractivity contribution in [2.75, 3.05) is 25.0 Å². The molecule has 1 saturated carbocycles. The normalized spacial score (nSPS) is 37.2. The van der Waals surface area contributed by atoms with Gasteiger partial charge in [-0.3, -0.25) is 9.78 Å². The van der Waals surface area contributed by atoms with E-state index in [1.54, 1.807) is 6.20 Å². The number of benzene rings is 1. The lowest BCUT2D eigenvalue weighted by Gasteiger charge is -2.59. The summed E-state index contributed by atoms with van der Waals surface area (Å²) in [6, 6.07) is 7.62. The van der Waals surface area contributed by atoms with Gasteiger partial charge in [-0.1, -0.05) is 25.4 Å². The molecular weight excluding hydrogens is 522 g/mol. The van der Waals surface area contributed by atoms with Gasteiger partial charge in [-0.05, 0) is 62.3 Å². The van der Waals surface area contributed by atoms with Gasteiger partial charge in [-0.2, -0.15) is 0 Å². The fourth-order valence-corrected chi connectivity index (χ4v) is 7.24. The highest BCUT2D eigenvalue weighted by atomic mass is 35.5. The van der Waals surface area contributed by atoms with Crippen LogP contribution < -0.4 is 10.6 Å². The van der Waals surface area contributed by atoms with E-state index in [0.29, 0.717) is 30.6 Å². The number of hydrogen-bond donors (Lipinski definition) is 2. The number of carbonyl (C=O) groups is 1. The van der Waals surface area contributed by atoms with Crippen molar-refractivity contribution in [2.24, 2.45) is 23.7 Å². The average Bonchev–Trinajstić information content (AvgIpc) is 3.14.